The fourth-order valence-electron chi connectivity index (χ4n) is 8.84. The molecule has 0 bridgehead atoms. The van der Waals surface area contributed by atoms with E-state index in [2.05, 4.69) is 243 Å². The minimum Gasteiger partial charge on any atom is -0.310 e. The summed E-state index contributed by atoms with van der Waals surface area (Å²) in [5.74, 6) is 0. The fraction of sp³-hybridized carbons (Fsp3) is 0.0526. The number of benzene rings is 9. The standard InChI is InChI=1S/C57H43N/c1-57(2)54-24-14-12-23-52(54)53-35-34-50(39-55(53)57)58(56-25-15-13-22-51(56)45-28-26-43(27-29-45)40-16-6-3-7-17-40)49-32-30-44(31-33-49)48-37-46(41-18-8-4-9-19-41)36-47(38-48)42-20-10-5-11-21-42/h3-39H,1-2H3. The molecule has 0 heterocycles. The minimum absolute atomic E-state index is 0.121. The van der Waals surface area contributed by atoms with Crippen LogP contribution in [-0.2, 0) is 5.41 Å². The second-order valence-corrected chi connectivity index (χ2v) is 15.8. The zero-order chi connectivity index (χ0) is 39.1. The highest BCUT2D eigenvalue weighted by molar-refractivity contribution is 5.91. The van der Waals surface area contributed by atoms with Gasteiger partial charge >= 0.3 is 0 Å². The Balaban J connectivity index is 1.10. The van der Waals surface area contributed by atoms with E-state index in [0.29, 0.717) is 0 Å². The van der Waals surface area contributed by atoms with Gasteiger partial charge in [0.1, 0.15) is 0 Å². The molecule has 9 aromatic carbocycles. The third kappa shape index (κ3) is 6.41. The Hall–Kier alpha value is -7.22. The SMILES string of the molecule is CC1(C)c2ccccc2-c2ccc(N(c3ccc(-c4cc(-c5ccccc5)cc(-c5ccccc5)c4)cc3)c3ccccc3-c3ccc(-c4ccccc4)cc3)cc21. The molecule has 0 fully saturated rings. The quantitative estimate of drug-likeness (QED) is 0.150. The van der Waals surface area contributed by atoms with Gasteiger partial charge in [0.05, 0.1) is 5.69 Å². The highest BCUT2D eigenvalue weighted by Crippen LogP contribution is 2.51. The van der Waals surface area contributed by atoms with Crippen LogP contribution in [0.2, 0.25) is 0 Å². The van der Waals surface area contributed by atoms with Gasteiger partial charge in [0.25, 0.3) is 0 Å². The molecular weight excluding hydrogens is 699 g/mol. The number of nitrogens with zero attached hydrogens (tertiary/aromatic N) is 1. The van der Waals surface area contributed by atoms with Crippen molar-refractivity contribution in [1.82, 2.24) is 0 Å². The van der Waals surface area contributed by atoms with E-state index in [4.69, 9.17) is 0 Å². The third-order valence-corrected chi connectivity index (χ3v) is 11.9. The van der Waals surface area contributed by atoms with Crippen LogP contribution in [0.3, 0.4) is 0 Å². The van der Waals surface area contributed by atoms with Crippen molar-refractivity contribution in [2.75, 3.05) is 4.90 Å². The van der Waals surface area contributed by atoms with Gasteiger partial charge in [-0.05, 0) is 121 Å². The Labute approximate surface area is 342 Å². The van der Waals surface area contributed by atoms with Crippen LogP contribution in [-0.4, -0.2) is 0 Å². The molecule has 0 spiro atoms. The molecule has 1 aliphatic carbocycles. The third-order valence-electron chi connectivity index (χ3n) is 11.9. The van der Waals surface area contributed by atoms with Crippen molar-refractivity contribution < 1.29 is 0 Å². The predicted molar refractivity (Wildman–Crippen MR) is 246 cm³/mol. The molecule has 0 saturated heterocycles. The summed E-state index contributed by atoms with van der Waals surface area (Å²) < 4.78 is 0. The Bertz CT molecular complexity index is 2810. The lowest BCUT2D eigenvalue weighted by Gasteiger charge is -2.30. The number of hydrogen-bond donors (Lipinski definition) is 0. The second-order valence-electron chi connectivity index (χ2n) is 15.8. The first-order valence-electron chi connectivity index (χ1n) is 20.2. The maximum absolute atomic E-state index is 2.44. The molecule has 9 aromatic rings. The van der Waals surface area contributed by atoms with Crippen LogP contribution in [0.4, 0.5) is 17.1 Å². The smallest absolute Gasteiger partial charge is 0.0540 e. The highest BCUT2D eigenvalue weighted by atomic mass is 15.1. The van der Waals surface area contributed by atoms with Gasteiger partial charge in [-0.15, -0.1) is 0 Å². The van der Waals surface area contributed by atoms with Crippen LogP contribution in [0.25, 0.3) is 66.8 Å². The molecule has 1 heteroatoms. The summed E-state index contributed by atoms with van der Waals surface area (Å²) in [5.41, 5.74) is 20.6. The lowest BCUT2D eigenvalue weighted by molar-refractivity contribution is 0.660. The van der Waals surface area contributed by atoms with Gasteiger partial charge in [-0.3, -0.25) is 0 Å². The first-order valence-corrected chi connectivity index (χ1v) is 20.2. The monoisotopic (exact) mass is 741 g/mol. The summed E-state index contributed by atoms with van der Waals surface area (Å²) >= 11 is 0. The molecule has 0 radical (unpaired) electrons. The Morgan fingerprint density at radius 1 is 0.276 bits per heavy atom. The van der Waals surface area contributed by atoms with E-state index in [1.54, 1.807) is 0 Å². The maximum atomic E-state index is 2.44. The largest absolute Gasteiger partial charge is 0.310 e. The van der Waals surface area contributed by atoms with Gasteiger partial charge in [0, 0.05) is 22.4 Å². The van der Waals surface area contributed by atoms with E-state index in [9.17, 15) is 0 Å². The topological polar surface area (TPSA) is 3.24 Å². The minimum atomic E-state index is -0.121. The summed E-state index contributed by atoms with van der Waals surface area (Å²) in [6.45, 7) is 4.71. The molecule has 1 nitrogen and oxygen atoms in total. The first kappa shape index (κ1) is 35.2. The van der Waals surface area contributed by atoms with E-state index in [1.807, 2.05) is 0 Å². The summed E-state index contributed by atoms with van der Waals surface area (Å²) in [7, 11) is 0. The Kier molecular flexibility index (Phi) is 8.92. The van der Waals surface area contributed by atoms with Gasteiger partial charge in [-0.25, -0.2) is 0 Å². The first-order chi connectivity index (χ1) is 28.5. The summed E-state index contributed by atoms with van der Waals surface area (Å²) in [4.78, 5) is 2.44. The number of rotatable bonds is 8. The van der Waals surface area contributed by atoms with Crippen molar-refractivity contribution in [2.45, 2.75) is 19.3 Å². The molecule has 0 aliphatic heterocycles. The van der Waals surface area contributed by atoms with E-state index in [-0.39, 0.29) is 5.41 Å². The van der Waals surface area contributed by atoms with Crippen LogP contribution < -0.4 is 4.90 Å². The molecule has 1 aliphatic rings. The van der Waals surface area contributed by atoms with Crippen molar-refractivity contribution in [3.05, 3.63) is 236 Å². The average Bonchev–Trinajstić information content (AvgIpc) is 3.53. The zero-order valence-electron chi connectivity index (χ0n) is 32.8. The summed E-state index contributed by atoms with van der Waals surface area (Å²) in [5, 5.41) is 0. The van der Waals surface area contributed by atoms with Gasteiger partial charge in [-0.2, -0.15) is 0 Å². The van der Waals surface area contributed by atoms with Crippen LogP contribution in [0.15, 0.2) is 224 Å². The number of hydrogen-bond acceptors (Lipinski definition) is 1. The van der Waals surface area contributed by atoms with Crippen molar-refractivity contribution in [3.63, 3.8) is 0 Å². The number of para-hydroxylation sites is 1. The number of fused-ring (bicyclic) bond motifs is 3. The zero-order valence-corrected chi connectivity index (χ0v) is 32.8. The van der Waals surface area contributed by atoms with Crippen molar-refractivity contribution in [3.8, 4) is 66.8 Å². The van der Waals surface area contributed by atoms with Crippen LogP contribution in [0.1, 0.15) is 25.0 Å². The molecule has 0 amide bonds. The van der Waals surface area contributed by atoms with Crippen molar-refractivity contribution in [2.24, 2.45) is 0 Å². The van der Waals surface area contributed by atoms with Gasteiger partial charge in [0.2, 0.25) is 0 Å². The normalized spacial score (nSPS) is 12.4. The fourth-order valence-corrected chi connectivity index (χ4v) is 8.84. The molecule has 0 saturated carbocycles. The molecular formula is C57H43N. The summed E-state index contributed by atoms with van der Waals surface area (Å²) in [6, 6.07) is 81.8. The lowest BCUT2D eigenvalue weighted by atomic mass is 9.82. The van der Waals surface area contributed by atoms with E-state index in [1.165, 1.54) is 77.9 Å². The van der Waals surface area contributed by atoms with E-state index < -0.39 is 0 Å². The Morgan fingerprint density at radius 2 is 0.672 bits per heavy atom. The van der Waals surface area contributed by atoms with Crippen LogP contribution in [0.5, 0.6) is 0 Å². The van der Waals surface area contributed by atoms with Gasteiger partial charge < -0.3 is 4.90 Å². The molecule has 276 valence electrons. The second kappa shape index (κ2) is 14.7. The highest BCUT2D eigenvalue weighted by Gasteiger charge is 2.35. The molecule has 0 atom stereocenters. The van der Waals surface area contributed by atoms with Gasteiger partial charge in [0.15, 0.2) is 0 Å². The van der Waals surface area contributed by atoms with Crippen molar-refractivity contribution in [1.29, 1.82) is 0 Å². The molecule has 58 heavy (non-hydrogen) atoms. The van der Waals surface area contributed by atoms with Crippen LogP contribution >= 0.6 is 0 Å². The maximum Gasteiger partial charge on any atom is 0.0540 e. The molecule has 0 unspecified atom stereocenters. The Morgan fingerprint density at radius 3 is 1.26 bits per heavy atom. The molecule has 0 aromatic heterocycles. The number of anilines is 3. The van der Waals surface area contributed by atoms with E-state index >= 15 is 0 Å². The summed E-state index contributed by atoms with van der Waals surface area (Å²) in [6.07, 6.45) is 0. The van der Waals surface area contributed by atoms with Crippen LogP contribution in [0, 0.1) is 0 Å². The lowest BCUT2D eigenvalue weighted by Crippen LogP contribution is -2.16. The molecule has 0 N–H and O–H groups in total. The predicted octanol–water partition coefficient (Wildman–Crippen LogP) is 15.8. The van der Waals surface area contributed by atoms with Crippen molar-refractivity contribution >= 4 is 17.1 Å². The van der Waals surface area contributed by atoms with E-state index in [0.717, 1.165) is 17.1 Å². The molecule has 10 rings (SSSR count). The van der Waals surface area contributed by atoms with Gasteiger partial charge in [-0.1, -0.05) is 190 Å². The average molecular weight is 742 g/mol.